The summed E-state index contributed by atoms with van der Waals surface area (Å²) in [5, 5.41) is 2.87. The van der Waals surface area contributed by atoms with Crippen molar-refractivity contribution in [2.24, 2.45) is 0 Å². The number of nitrogens with one attached hydrogen (secondary N) is 1. The van der Waals surface area contributed by atoms with Gasteiger partial charge < -0.3 is 10.2 Å². The molecule has 0 aromatic heterocycles. The van der Waals surface area contributed by atoms with Crippen LogP contribution in [0.2, 0.25) is 0 Å². The minimum absolute atomic E-state index is 0.0119. The smallest absolute Gasteiger partial charge is 0.255 e. The van der Waals surface area contributed by atoms with Gasteiger partial charge in [0.1, 0.15) is 0 Å². The molecule has 0 saturated carbocycles. The van der Waals surface area contributed by atoms with Gasteiger partial charge in [-0.25, -0.2) is 0 Å². The molecule has 1 N–H and O–H groups in total. The van der Waals surface area contributed by atoms with E-state index in [0.29, 0.717) is 24.2 Å². The Morgan fingerprint density at radius 2 is 1.38 bits per heavy atom. The second-order valence-electron chi connectivity index (χ2n) is 5.56. The van der Waals surface area contributed by atoms with Gasteiger partial charge in [-0.3, -0.25) is 9.59 Å². The maximum atomic E-state index is 12.3. The number of anilines is 1. The van der Waals surface area contributed by atoms with E-state index in [2.05, 4.69) is 12.2 Å². The van der Waals surface area contributed by atoms with Gasteiger partial charge in [-0.1, -0.05) is 19.1 Å². The maximum absolute atomic E-state index is 12.3. The highest BCUT2D eigenvalue weighted by Gasteiger charge is 2.13. The van der Waals surface area contributed by atoms with Gasteiger partial charge >= 0.3 is 0 Å². The molecule has 0 bridgehead atoms. The number of carbonyl (C=O) groups is 2. The Morgan fingerprint density at radius 3 is 1.88 bits per heavy atom. The molecule has 0 unspecified atom stereocenters. The van der Waals surface area contributed by atoms with Crippen LogP contribution in [0.1, 0.15) is 47.1 Å². The molecule has 0 aliphatic heterocycles. The minimum Gasteiger partial charge on any atom is -0.339 e. The van der Waals surface area contributed by atoms with E-state index in [1.165, 1.54) is 5.56 Å². The molecule has 0 atom stereocenters. The van der Waals surface area contributed by atoms with Gasteiger partial charge in [0.25, 0.3) is 11.8 Å². The molecule has 0 aliphatic carbocycles. The summed E-state index contributed by atoms with van der Waals surface area (Å²) in [4.78, 5) is 26.3. The van der Waals surface area contributed by atoms with Gasteiger partial charge in [0.15, 0.2) is 0 Å². The van der Waals surface area contributed by atoms with Crippen LogP contribution in [-0.2, 0) is 6.42 Å². The summed E-state index contributed by atoms with van der Waals surface area (Å²) < 4.78 is 0. The van der Waals surface area contributed by atoms with Crippen molar-refractivity contribution < 1.29 is 9.59 Å². The molecule has 0 aliphatic rings. The Labute approximate surface area is 143 Å². The van der Waals surface area contributed by atoms with Crippen LogP contribution in [0.5, 0.6) is 0 Å². The molecule has 2 amide bonds. The van der Waals surface area contributed by atoms with E-state index in [-0.39, 0.29) is 11.8 Å². The number of rotatable bonds is 6. The fraction of sp³-hybridized carbons (Fsp3) is 0.300. The van der Waals surface area contributed by atoms with E-state index in [1.54, 1.807) is 29.2 Å². The third-order valence-electron chi connectivity index (χ3n) is 4.06. The highest BCUT2D eigenvalue weighted by atomic mass is 16.2. The van der Waals surface area contributed by atoms with Gasteiger partial charge in [0.05, 0.1) is 0 Å². The Bertz CT molecular complexity index is 687. The van der Waals surface area contributed by atoms with Crippen molar-refractivity contribution in [1.29, 1.82) is 0 Å². The molecule has 24 heavy (non-hydrogen) atoms. The fourth-order valence-electron chi connectivity index (χ4n) is 2.48. The zero-order valence-electron chi connectivity index (χ0n) is 14.5. The van der Waals surface area contributed by atoms with Crippen molar-refractivity contribution in [1.82, 2.24) is 4.90 Å². The Balaban J connectivity index is 2.06. The monoisotopic (exact) mass is 324 g/mol. The Hall–Kier alpha value is -2.62. The molecule has 4 nitrogen and oxygen atoms in total. The number of carbonyl (C=O) groups excluding carboxylic acids is 2. The number of hydrogen-bond donors (Lipinski definition) is 1. The first-order valence-corrected chi connectivity index (χ1v) is 8.38. The normalized spacial score (nSPS) is 10.3. The first-order chi connectivity index (χ1) is 11.6. The molecule has 126 valence electrons. The van der Waals surface area contributed by atoms with Crippen molar-refractivity contribution in [3.63, 3.8) is 0 Å². The third kappa shape index (κ3) is 4.22. The van der Waals surface area contributed by atoms with Crippen LogP contribution in [0, 0.1) is 0 Å². The van der Waals surface area contributed by atoms with Crippen molar-refractivity contribution in [2.75, 3.05) is 18.4 Å². The van der Waals surface area contributed by atoms with E-state index >= 15 is 0 Å². The predicted octanol–water partition coefficient (Wildman–Crippen LogP) is 3.98. The molecule has 0 heterocycles. The predicted molar refractivity (Wildman–Crippen MR) is 97.5 cm³/mol. The molecule has 2 aromatic rings. The lowest BCUT2D eigenvalue weighted by atomic mass is 10.1. The lowest BCUT2D eigenvalue weighted by Crippen LogP contribution is -2.30. The average Bonchev–Trinajstić information content (AvgIpc) is 2.63. The molecule has 2 rings (SSSR count). The summed E-state index contributed by atoms with van der Waals surface area (Å²) in [6, 6.07) is 14.6. The van der Waals surface area contributed by atoms with E-state index < -0.39 is 0 Å². The van der Waals surface area contributed by atoms with Crippen LogP contribution in [0.4, 0.5) is 5.69 Å². The Kier molecular flexibility index (Phi) is 6.13. The summed E-state index contributed by atoms with van der Waals surface area (Å²) in [6.45, 7) is 7.34. The zero-order valence-corrected chi connectivity index (χ0v) is 14.5. The molecular weight excluding hydrogens is 300 g/mol. The minimum atomic E-state index is -0.180. The molecule has 2 aromatic carbocycles. The molecule has 0 saturated heterocycles. The second kappa shape index (κ2) is 8.29. The summed E-state index contributed by atoms with van der Waals surface area (Å²) >= 11 is 0. The van der Waals surface area contributed by atoms with Crippen LogP contribution in [-0.4, -0.2) is 29.8 Å². The van der Waals surface area contributed by atoms with E-state index in [0.717, 1.165) is 12.1 Å². The van der Waals surface area contributed by atoms with Crippen LogP contribution < -0.4 is 5.32 Å². The summed E-state index contributed by atoms with van der Waals surface area (Å²) in [5.74, 6) is -0.191. The van der Waals surface area contributed by atoms with Gasteiger partial charge in [0.2, 0.25) is 0 Å². The van der Waals surface area contributed by atoms with Crippen molar-refractivity contribution in [2.45, 2.75) is 27.2 Å². The third-order valence-corrected chi connectivity index (χ3v) is 4.06. The lowest BCUT2D eigenvalue weighted by molar-refractivity contribution is 0.0772. The van der Waals surface area contributed by atoms with Gasteiger partial charge in [-0.15, -0.1) is 0 Å². The zero-order chi connectivity index (χ0) is 17.5. The number of aryl methyl sites for hydroxylation is 1. The fourth-order valence-corrected chi connectivity index (χ4v) is 2.48. The first-order valence-electron chi connectivity index (χ1n) is 8.38. The average molecular weight is 324 g/mol. The summed E-state index contributed by atoms with van der Waals surface area (Å²) in [7, 11) is 0. The number of amides is 2. The Morgan fingerprint density at radius 1 is 0.833 bits per heavy atom. The molecule has 0 fully saturated rings. The standard InChI is InChI=1S/C20H24N2O2/c1-4-15-7-13-18(14-8-15)21-19(23)16-9-11-17(12-10-16)20(24)22(5-2)6-3/h7-14H,4-6H2,1-3H3,(H,21,23). The van der Waals surface area contributed by atoms with Gasteiger partial charge in [-0.2, -0.15) is 0 Å². The van der Waals surface area contributed by atoms with Gasteiger partial charge in [0, 0.05) is 29.9 Å². The molecule has 4 heteroatoms. The van der Waals surface area contributed by atoms with E-state index in [4.69, 9.17) is 0 Å². The quantitative estimate of drug-likeness (QED) is 0.873. The first kappa shape index (κ1) is 17.7. The van der Waals surface area contributed by atoms with Gasteiger partial charge in [-0.05, 0) is 62.2 Å². The summed E-state index contributed by atoms with van der Waals surface area (Å²) in [5.41, 5.74) is 3.13. The maximum Gasteiger partial charge on any atom is 0.255 e. The van der Waals surface area contributed by atoms with Crippen LogP contribution in [0.3, 0.4) is 0 Å². The highest BCUT2D eigenvalue weighted by Crippen LogP contribution is 2.13. The second-order valence-corrected chi connectivity index (χ2v) is 5.56. The van der Waals surface area contributed by atoms with Crippen molar-refractivity contribution in [3.8, 4) is 0 Å². The molecular formula is C20H24N2O2. The number of hydrogen-bond acceptors (Lipinski definition) is 2. The number of benzene rings is 2. The van der Waals surface area contributed by atoms with Crippen LogP contribution in [0.25, 0.3) is 0 Å². The van der Waals surface area contributed by atoms with Crippen molar-refractivity contribution >= 4 is 17.5 Å². The topological polar surface area (TPSA) is 49.4 Å². The van der Waals surface area contributed by atoms with E-state index in [1.807, 2.05) is 38.1 Å². The largest absolute Gasteiger partial charge is 0.339 e. The van der Waals surface area contributed by atoms with Crippen LogP contribution >= 0.6 is 0 Å². The number of nitrogens with zero attached hydrogens (tertiary/aromatic N) is 1. The molecule has 0 spiro atoms. The SMILES string of the molecule is CCc1ccc(NC(=O)c2ccc(C(=O)N(CC)CC)cc2)cc1. The lowest BCUT2D eigenvalue weighted by Gasteiger charge is -2.18. The van der Waals surface area contributed by atoms with Crippen LogP contribution in [0.15, 0.2) is 48.5 Å². The molecule has 0 radical (unpaired) electrons. The highest BCUT2D eigenvalue weighted by molar-refractivity contribution is 6.05. The van der Waals surface area contributed by atoms with Crippen molar-refractivity contribution in [3.05, 3.63) is 65.2 Å². The summed E-state index contributed by atoms with van der Waals surface area (Å²) in [6.07, 6.45) is 0.969. The van der Waals surface area contributed by atoms with E-state index in [9.17, 15) is 9.59 Å².